The SMILES string of the molecule is CCCCC(O)(CCCC)[C@@H](NC(=O)C1(C(=O)N[C@@H](c2cccc3ccccc23)C(O)(CCCC)CCCC)CCCC1)c1cccc2ccccc12. The number of amides is 2. The lowest BCUT2D eigenvalue weighted by atomic mass is 9.76. The van der Waals surface area contributed by atoms with Crippen LogP contribution in [0.5, 0.6) is 0 Å². The van der Waals surface area contributed by atoms with Crippen LogP contribution in [0.4, 0.5) is 0 Å². The molecule has 0 radical (unpaired) electrons. The molecule has 286 valence electrons. The van der Waals surface area contributed by atoms with Crippen LogP contribution < -0.4 is 10.6 Å². The van der Waals surface area contributed by atoms with Crippen molar-refractivity contribution in [3.05, 3.63) is 96.1 Å². The van der Waals surface area contributed by atoms with E-state index in [9.17, 15) is 10.2 Å². The highest BCUT2D eigenvalue weighted by Crippen LogP contribution is 2.45. The van der Waals surface area contributed by atoms with Gasteiger partial charge in [-0.1, -0.05) is 177 Å². The summed E-state index contributed by atoms with van der Waals surface area (Å²) in [7, 11) is 0. The molecule has 0 bridgehead atoms. The Morgan fingerprint density at radius 1 is 0.566 bits per heavy atom. The van der Waals surface area contributed by atoms with Gasteiger partial charge in [-0.25, -0.2) is 0 Å². The molecule has 0 aliphatic heterocycles. The van der Waals surface area contributed by atoms with E-state index in [1.807, 2.05) is 48.5 Å². The molecule has 4 aromatic rings. The molecule has 0 saturated heterocycles. The van der Waals surface area contributed by atoms with Crippen LogP contribution in [-0.2, 0) is 9.59 Å². The maximum absolute atomic E-state index is 15.1. The van der Waals surface area contributed by atoms with E-state index in [2.05, 4.69) is 74.7 Å². The van der Waals surface area contributed by atoms with Crippen molar-refractivity contribution in [3.63, 3.8) is 0 Å². The summed E-state index contributed by atoms with van der Waals surface area (Å²) in [5, 5.41) is 36.2. The summed E-state index contributed by atoms with van der Waals surface area (Å²) < 4.78 is 0. The van der Waals surface area contributed by atoms with Crippen molar-refractivity contribution in [2.75, 3.05) is 0 Å². The van der Waals surface area contributed by atoms with E-state index >= 15 is 9.59 Å². The molecule has 1 aliphatic rings. The Hall–Kier alpha value is -3.74. The molecule has 53 heavy (non-hydrogen) atoms. The Balaban J connectivity index is 1.59. The third-order valence-corrected chi connectivity index (χ3v) is 12.1. The maximum atomic E-state index is 15.1. The fourth-order valence-corrected chi connectivity index (χ4v) is 8.84. The number of unbranched alkanes of at least 4 members (excludes halogenated alkanes) is 4. The quantitative estimate of drug-likeness (QED) is 0.0683. The average Bonchev–Trinajstić information content (AvgIpc) is 3.70. The second-order valence-electron chi connectivity index (χ2n) is 15.9. The zero-order valence-corrected chi connectivity index (χ0v) is 32.8. The third kappa shape index (κ3) is 8.98. The van der Waals surface area contributed by atoms with Gasteiger partial charge >= 0.3 is 0 Å². The number of nitrogens with one attached hydrogen (secondary N) is 2. The van der Waals surface area contributed by atoms with Gasteiger partial charge in [-0.05, 0) is 71.2 Å². The lowest BCUT2D eigenvalue weighted by Gasteiger charge is -2.42. The van der Waals surface area contributed by atoms with Gasteiger partial charge in [0.05, 0.1) is 23.3 Å². The first-order valence-corrected chi connectivity index (χ1v) is 20.7. The summed E-state index contributed by atoms with van der Waals surface area (Å²) in [6.07, 6.45) is 11.5. The normalized spacial score (nSPS) is 15.7. The predicted molar refractivity (Wildman–Crippen MR) is 219 cm³/mol. The lowest BCUT2D eigenvalue weighted by Crippen LogP contribution is -2.57. The second-order valence-corrected chi connectivity index (χ2v) is 15.9. The van der Waals surface area contributed by atoms with Crippen molar-refractivity contribution in [1.82, 2.24) is 10.6 Å². The first kappa shape index (κ1) is 40.4. The van der Waals surface area contributed by atoms with E-state index in [0.717, 1.165) is 96.9 Å². The molecule has 6 nitrogen and oxygen atoms in total. The summed E-state index contributed by atoms with van der Waals surface area (Å²) in [4.78, 5) is 30.2. The van der Waals surface area contributed by atoms with E-state index in [-0.39, 0.29) is 11.8 Å². The number of hydrogen-bond donors (Lipinski definition) is 4. The standard InChI is InChI=1S/C47H64N2O4/c1-5-9-31-46(52,32-10-6-2)41(39-27-19-23-35-21-13-15-25-37(35)39)48-43(50)45(29-17-18-30-45)44(51)49-42(47(53,33-11-7-3)34-12-8-4)40-28-20-24-36-22-14-16-26-38(36)40/h13-16,19-28,41-42,52-53H,5-12,17-18,29-34H2,1-4H3,(H,48,50)(H,49,51)/t41-,42-/m0/s1. The first-order chi connectivity index (χ1) is 25.7. The van der Waals surface area contributed by atoms with Crippen molar-refractivity contribution in [2.24, 2.45) is 5.41 Å². The molecule has 2 atom stereocenters. The highest BCUT2D eigenvalue weighted by Gasteiger charge is 2.52. The van der Waals surface area contributed by atoms with Gasteiger partial charge in [-0.15, -0.1) is 0 Å². The van der Waals surface area contributed by atoms with Crippen LogP contribution in [0, 0.1) is 5.41 Å². The van der Waals surface area contributed by atoms with E-state index in [1.165, 1.54) is 0 Å². The Kier molecular flexibility index (Phi) is 14.1. The number of aliphatic hydroxyl groups is 2. The highest BCUT2D eigenvalue weighted by molar-refractivity contribution is 6.06. The zero-order valence-electron chi connectivity index (χ0n) is 32.8. The average molecular weight is 721 g/mol. The van der Waals surface area contributed by atoms with Gasteiger partial charge in [0.1, 0.15) is 5.41 Å². The fourth-order valence-electron chi connectivity index (χ4n) is 8.84. The highest BCUT2D eigenvalue weighted by atomic mass is 16.3. The van der Waals surface area contributed by atoms with Gasteiger partial charge < -0.3 is 20.8 Å². The molecule has 1 aliphatic carbocycles. The van der Waals surface area contributed by atoms with Crippen LogP contribution in [0.3, 0.4) is 0 Å². The maximum Gasteiger partial charge on any atom is 0.236 e. The van der Waals surface area contributed by atoms with Gasteiger partial charge in [0.2, 0.25) is 11.8 Å². The molecule has 0 spiro atoms. The van der Waals surface area contributed by atoms with E-state index in [0.29, 0.717) is 38.5 Å². The molecule has 6 heteroatoms. The van der Waals surface area contributed by atoms with Crippen LogP contribution >= 0.6 is 0 Å². The lowest BCUT2D eigenvalue weighted by molar-refractivity contribution is -0.147. The molecule has 2 amide bonds. The van der Waals surface area contributed by atoms with E-state index in [4.69, 9.17) is 0 Å². The van der Waals surface area contributed by atoms with Crippen molar-refractivity contribution in [3.8, 4) is 0 Å². The van der Waals surface area contributed by atoms with Crippen LogP contribution in [-0.4, -0.2) is 33.2 Å². The number of carbonyl (C=O) groups excluding carboxylic acids is 2. The molecule has 4 N–H and O–H groups in total. The van der Waals surface area contributed by atoms with Gasteiger partial charge in [0.15, 0.2) is 0 Å². The number of fused-ring (bicyclic) bond motifs is 2. The smallest absolute Gasteiger partial charge is 0.236 e. The Labute approximate surface area is 318 Å². The second kappa shape index (κ2) is 18.5. The summed E-state index contributed by atoms with van der Waals surface area (Å²) >= 11 is 0. The van der Waals surface area contributed by atoms with Crippen LogP contribution in [0.2, 0.25) is 0 Å². The summed E-state index contributed by atoms with van der Waals surface area (Å²) in [6.45, 7) is 8.49. The number of rotatable bonds is 20. The van der Waals surface area contributed by atoms with Gasteiger partial charge in [-0.3, -0.25) is 9.59 Å². The topological polar surface area (TPSA) is 98.7 Å². The van der Waals surface area contributed by atoms with Crippen LogP contribution in [0.15, 0.2) is 84.9 Å². The summed E-state index contributed by atoms with van der Waals surface area (Å²) in [5.74, 6) is -0.668. The van der Waals surface area contributed by atoms with Gasteiger partial charge in [-0.2, -0.15) is 0 Å². The predicted octanol–water partition coefficient (Wildman–Crippen LogP) is 10.8. The molecule has 0 unspecified atom stereocenters. The molecule has 0 heterocycles. The third-order valence-electron chi connectivity index (χ3n) is 12.1. The first-order valence-electron chi connectivity index (χ1n) is 20.7. The molecular weight excluding hydrogens is 657 g/mol. The van der Waals surface area contributed by atoms with Gasteiger partial charge in [0, 0.05) is 0 Å². The molecule has 4 aromatic carbocycles. The van der Waals surface area contributed by atoms with Crippen molar-refractivity contribution in [2.45, 2.75) is 154 Å². The van der Waals surface area contributed by atoms with E-state index < -0.39 is 28.7 Å². The molecule has 1 fully saturated rings. The number of hydrogen-bond acceptors (Lipinski definition) is 4. The molecule has 1 saturated carbocycles. The molecular formula is C47H64N2O4. The van der Waals surface area contributed by atoms with Crippen molar-refractivity contribution in [1.29, 1.82) is 0 Å². The minimum absolute atomic E-state index is 0.334. The number of benzene rings is 4. The largest absolute Gasteiger partial charge is 0.387 e. The Morgan fingerprint density at radius 3 is 1.26 bits per heavy atom. The van der Waals surface area contributed by atoms with E-state index in [1.54, 1.807) is 0 Å². The van der Waals surface area contributed by atoms with Crippen LogP contribution in [0.1, 0.15) is 154 Å². The Morgan fingerprint density at radius 2 is 0.906 bits per heavy atom. The summed E-state index contributed by atoms with van der Waals surface area (Å²) in [5.41, 5.74) is -1.98. The summed E-state index contributed by atoms with van der Waals surface area (Å²) in [6, 6.07) is 27.0. The van der Waals surface area contributed by atoms with Crippen molar-refractivity contribution >= 4 is 33.4 Å². The minimum atomic E-state index is -1.33. The zero-order chi connectivity index (χ0) is 37.9. The Bertz CT molecular complexity index is 1640. The number of carbonyl (C=O) groups is 2. The minimum Gasteiger partial charge on any atom is -0.387 e. The molecule has 0 aromatic heterocycles. The van der Waals surface area contributed by atoms with Gasteiger partial charge in [0.25, 0.3) is 0 Å². The van der Waals surface area contributed by atoms with Crippen LogP contribution in [0.25, 0.3) is 21.5 Å². The molecule has 5 rings (SSSR count). The fraction of sp³-hybridized carbons (Fsp3) is 0.532. The monoisotopic (exact) mass is 720 g/mol. The van der Waals surface area contributed by atoms with Crippen molar-refractivity contribution < 1.29 is 19.8 Å².